The summed E-state index contributed by atoms with van der Waals surface area (Å²) in [7, 11) is 1.30. The molecule has 5 N–H and O–H groups in total. The number of amides is 1. The number of nitrogens with zero attached hydrogens (tertiary/aromatic N) is 10. The molecule has 0 bridgehead atoms. The number of carbonyl (C=O) groups is 2. The Hall–Kier alpha value is -6.81. The van der Waals surface area contributed by atoms with E-state index >= 15 is 0 Å². The summed E-state index contributed by atoms with van der Waals surface area (Å²) in [6.07, 6.45) is 3.04. The maximum absolute atomic E-state index is 12.8. The second-order valence-corrected chi connectivity index (χ2v) is 11.4. The van der Waals surface area contributed by atoms with Crippen molar-refractivity contribution in [1.29, 1.82) is 0 Å². The summed E-state index contributed by atoms with van der Waals surface area (Å²) >= 11 is 0. The molecule has 0 radical (unpaired) electrons. The molecule has 1 fully saturated rings. The van der Waals surface area contributed by atoms with Gasteiger partial charge in [-0.05, 0) is 23.3 Å². The molecule has 1 saturated heterocycles. The standard InChI is InChI=1S/C32H33N15O4/c1-33-22-8-6-20(7-9-22)17-24(29(50)51-2)38-32-40-30(36-18-25-42-44-45-43-25)39-31(41-32)37-23-5-3-4-21(16-23)19-46-12-14-47(15-13-46)28(49)26-27(48)35-11-10-34-26/h3-11,16,24H,12-15,17-19H2,2H3,(H,35,48)(H,42,43,44,45)(H3,36,37,38,39,40,41)/t24-/m0/s1. The number of carbonyl (C=O) groups excluding carboxylic acids is 2. The summed E-state index contributed by atoms with van der Waals surface area (Å²) in [5.41, 5.74) is 2.41. The Morgan fingerprint density at radius 1 is 1.02 bits per heavy atom. The number of tetrazole rings is 1. The Morgan fingerprint density at radius 2 is 1.80 bits per heavy atom. The molecule has 1 aliphatic rings. The molecule has 1 aliphatic heterocycles. The Labute approximate surface area is 290 Å². The van der Waals surface area contributed by atoms with Crippen molar-refractivity contribution in [3.63, 3.8) is 0 Å². The Kier molecular flexibility index (Phi) is 10.7. The number of rotatable bonds is 13. The first-order valence-corrected chi connectivity index (χ1v) is 15.8. The number of benzene rings is 2. The van der Waals surface area contributed by atoms with Crippen molar-refractivity contribution < 1.29 is 14.3 Å². The van der Waals surface area contributed by atoms with Gasteiger partial charge in [-0.15, -0.1) is 10.2 Å². The van der Waals surface area contributed by atoms with Gasteiger partial charge in [-0.1, -0.05) is 41.6 Å². The van der Waals surface area contributed by atoms with E-state index < -0.39 is 17.6 Å². The van der Waals surface area contributed by atoms with E-state index in [4.69, 9.17) is 11.3 Å². The first kappa shape index (κ1) is 34.1. The Morgan fingerprint density at radius 3 is 2.53 bits per heavy atom. The van der Waals surface area contributed by atoms with Crippen LogP contribution in [0.2, 0.25) is 0 Å². The van der Waals surface area contributed by atoms with E-state index in [9.17, 15) is 14.4 Å². The van der Waals surface area contributed by atoms with Gasteiger partial charge < -0.3 is 30.6 Å². The van der Waals surface area contributed by atoms with Crippen LogP contribution in [0.5, 0.6) is 0 Å². The zero-order valence-corrected chi connectivity index (χ0v) is 27.4. The fourth-order valence-electron chi connectivity index (χ4n) is 5.32. The van der Waals surface area contributed by atoms with Gasteiger partial charge in [-0.2, -0.15) is 20.2 Å². The van der Waals surface area contributed by atoms with Crippen LogP contribution in [0.15, 0.2) is 65.7 Å². The molecule has 260 valence electrons. The van der Waals surface area contributed by atoms with Gasteiger partial charge in [0.2, 0.25) is 17.8 Å². The lowest BCUT2D eigenvalue weighted by Gasteiger charge is -2.34. The van der Waals surface area contributed by atoms with Crippen LogP contribution in [0.3, 0.4) is 0 Å². The number of aromatic amines is 2. The van der Waals surface area contributed by atoms with Crippen molar-refractivity contribution in [2.75, 3.05) is 49.2 Å². The lowest BCUT2D eigenvalue weighted by atomic mass is 10.1. The highest BCUT2D eigenvalue weighted by molar-refractivity contribution is 5.92. The SMILES string of the molecule is [C-]#[N+]c1ccc(C[C@H](Nc2nc(NCc3nn[nH]n3)nc(Nc3cccc(CN4CCN(C(=O)c5ncc[nH]c5=O)CC4)c3)n2)C(=O)OC)cc1. The number of anilines is 4. The molecule has 3 aromatic heterocycles. The van der Waals surface area contributed by atoms with Crippen LogP contribution < -0.4 is 21.5 Å². The summed E-state index contributed by atoms with van der Waals surface area (Å²) in [4.78, 5) is 64.9. The highest BCUT2D eigenvalue weighted by atomic mass is 16.5. The molecular weight excluding hydrogens is 658 g/mol. The number of ether oxygens (including phenoxy) is 1. The number of hydrogen-bond acceptors (Lipinski definition) is 15. The molecule has 5 aromatic rings. The van der Waals surface area contributed by atoms with Crippen LogP contribution in [0, 0.1) is 6.57 Å². The second kappa shape index (κ2) is 16.1. The van der Waals surface area contributed by atoms with E-state index in [0.717, 1.165) is 11.1 Å². The van der Waals surface area contributed by atoms with E-state index in [1.807, 2.05) is 24.3 Å². The molecule has 2 aromatic carbocycles. The van der Waals surface area contributed by atoms with E-state index in [1.54, 1.807) is 29.2 Å². The molecular formula is C32H33N15O4. The largest absolute Gasteiger partial charge is 0.467 e. The summed E-state index contributed by atoms with van der Waals surface area (Å²) < 4.78 is 5.05. The molecule has 1 atom stereocenters. The predicted molar refractivity (Wildman–Crippen MR) is 183 cm³/mol. The van der Waals surface area contributed by atoms with Gasteiger partial charge >= 0.3 is 5.97 Å². The first-order chi connectivity index (χ1) is 24.9. The first-order valence-electron chi connectivity index (χ1n) is 15.8. The normalized spacial score (nSPS) is 13.5. The van der Waals surface area contributed by atoms with Gasteiger partial charge in [0.15, 0.2) is 17.2 Å². The molecule has 0 aliphatic carbocycles. The predicted octanol–water partition coefficient (Wildman–Crippen LogP) is 1.53. The summed E-state index contributed by atoms with van der Waals surface area (Å²) in [5.74, 6) is -0.0365. The topological polar surface area (TPSA) is 229 Å². The molecule has 19 nitrogen and oxygen atoms in total. The summed E-state index contributed by atoms with van der Waals surface area (Å²) in [6.45, 7) is 10.2. The van der Waals surface area contributed by atoms with Crippen molar-refractivity contribution >= 4 is 41.1 Å². The van der Waals surface area contributed by atoms with Crippen LogP contribution in [0.4, 0.5) is 29.2 Å². The third-order valence-corrected chi connectivity index (χ3v) is 7.88. The number of esters is 1. The van der Waals surface area contributed by atoms with Crippen molar-refractivity contribution in [2.24, 2.45) is 0 Å². The molecule has 1 amide bonds. The van der Waals surface area contributed by atoms with Gasteiger partial charge in [0.1, 0.15) is 6.04 Å². The highest BCUT2D eigenvalue weighted by Gasteiger charge is 2.25. The monoisotopic (exact) mass is 691 g/mol. The molecule has 6 rings (SSSR count). The third kappa shape index (κ3) is 9.01. The van der Waals surface area contributed by atoms with Crippen LogP contribution in [0.25, 0.3) is 4.85 Å². The van der Waals surface area contributed by atoms with Gasteiger partial charge in [-0.25, -0.2) is 14.6 Å². The lowest BCUT2D eigenvalue weighted by molar-refractivity contribution is -0.141. The minimum atomic E-state index is -0.849. The number of piperazine rings is 1. The lowest BCUT2D eigenvalue weighted by Crippen LogP contribution is -2.49. The zero-order chi connectivity index (χ0) is 35.6. The van der Waals surface area contributed by atoms with Crippen LogP contribution >= 0.6 is 0 Å². The summed E-state index contributed by atoms with van der Waals surface area (Å²) in [5, 5.41) is 23.2. The number of methoxy groups -OCH3 is 1. The molecule has 0 unspecified atom stereocenters. The minimum Gasteiger partial charge on any atom is -0.467 e. The number of hydrogen-bond donors (Lipinski definition) is 5. The van der Waals surface area contributed by atoms with Gasteiger partial charge in [0.25, 0.3) is 11.5 Å². The van der Waals surface area contributed by atoms with Crippen molar-refractivity contribution in [3.05, 3.63) is 105 Å². The molecule has 0 saturated carbocycles. The number of H-pyrrole nitrogens is 2. The van der Waals surface area contributed by atoms with Crippen LogP contribution in [0.1, 0.15) is 27.4 Å². The second-order valence-electron chi connectivity index (χ2n) is 11.4. The molecule has 51 heavy (non-hydrogen) atoms. The number of nitrogens with one attached hydrogen (secondary N) is 5. The zero-order valence-electron chi connectivity index (χ0n) is 27.4. The average Bonchev–Trinajstić information content (AvgIpc) is 3.68. The fraction of sp³-hybridized carbons (Fsp3) is 0.281. The van der Waals surface area contributed by atoms with Crippen molar-refractivity contribution in [1.82, 2.24) is 55.3 Å². The van der Waals surface area contributed by atoms with Gasteiger partial charge in [-0.3, -0.25) is 14.5 Å². The third-order valence-electron chi connectivity index (χ3n) is 7.88. The number of aromatic nitrogens is 9. The van der Waals surface area contributed by atoms with E-state index in [-0.39, 0.29) is 42.4 Å². The minimum absolute atomic E-state index is 0.104. The van der Waals surface area contributed by atoms with Gasteiger partial charge in [0, 0.05) is 57.2 Å². The van der Waals surface area contributed by atoms with Crippen LogP contribution in [-0.4, -0.2) is 107 Å². The smallest absolute Gasteiger partial charge is 0.328 e. The quantitative estimate of drug-likeness (QED) is 0.0871. The molecule has 19 heteroatoms. The van der Waals surface area contributed by atoms with Gasteiger partial charge in [0.05, 0.1) is 20.2 Å². The highest BCUT2D eigenvalue weighted by Crippen LogP contribution is 2.21. The van der Waals surface area contributed by atoms with Crippen molar-refractivity contribution in [3.8, 4) is 0 Å². The van der Waals surface area contributed by atoms with Crippen LogP contribution in [-0.2, 0) is 29.0 Å². The Balaban J connectivity index is 1.15. The van der Waals surface area contributed by atoms with E-state index in [0.29, 0.717) is 49.9 Å². The average molecular weight is 692 g/mol. The van der Waals surface area contributed by atoms with Crippen molar-refractivity contribution in [2.45, 2.75) is 25.6 Å². The van der Waals surface area contributed by atoms with E-state index in [2.05, 4.69) is 71.2 Å². The molecule has 4 heterocycles. The fourth-order valence-corrected chi connectivity index (χ4v) is 5.32. The van der Waals surface area contributed by atoms with E-state index in [1.165, 1.54) is 19.5 Å². The molecule has 0 spiro atoms. The maximum atomic E-state index is 12.8. The summed E-state index contributed by atoms with van der Waals surface area (Å²) in [6, 6.07) is 13.8. The Bertz CT molecular complexity index is 2060. The maximum Gasteiger partial charge on any atom is 0.328 e.